The molecular weight excluding hydrogens is 1020 g/mol. The van der Waals surface area contributed by atoms with Gasteiger partial charge in [-0.25, -0.2) is 0 Å². The summed E-state index contributed by atoms with van der Waals surface area (Å²) in [5.41, 5.74) is 26.1. The van der Waals surface area contributed by atoms with E-state index in [1.807, 2.05) is 24.3 Å². The molecule has 17 rings (SSSR count). The maximum Gasteiger partial charge on any atom is 0.0727 e. The molecule has 1 atom stereocenters. The summed E-state index contributed by atoms with van der Waals surface area (Å²) in [7, 11) is 0. The van der Waals surface area contributed by atoms with Crippen LogP contribution >= 0.6 is 0 Å². The SMILES string of the molecule is [2H]c1c([2H])c([2H])c(-c2ccccc2N(c2ccc3c(c2)C(C)(C)c2ccccc2-3)c2ccc3c(c2)C2(c4ccccc4-c4ccc(N(c5ccccc5)c5ccc6c(c5)-c5ccccc5C6(c5ccccc5)c5ccccc5)cc42)c2ccccc2-3)c([2H])c1[2H]. The first kappa shape index (κ1) is 44.1. The van der Waals surface area contributed by atoms with Gasteiger partial charge in [-0.2, -0.15) is 0 Å². The van der Waals surface area contributed by atoms with E-state index < -0.39 is 16.9 Å². The molecule has 0 radical (unpaired) electrons. The summed E-state index contributed by atoms with van der Waals surface area (Å²) in [6.45, 7) is 4.58. The van der Waals surface area contributed by atoms with E-state index in [-0.39, 0.29) is 35.1 Å². The van der Waals surface area contributed by atoms with Gasteiger partial charge in [-0.15, -0.1) is 0 Å². The lowest BCUT2D eigenvalue weighted by Crippen LogP contribution is -2.28. The van der Waals surface area contributed by atoms with Crippen molar-refractivity contribution in [1.29, 1.82) is 0 Å². The molecule has 1 unspecified atom stereocenters. The monoisotopic (exact) mass is 1090 g/mol. The van der Waals surface area contributed by atoms with E-state index in [0.717, 1.165) is 50.7 Å². The molecule has 2 nitrogen and oxygen atoms in total. The molecule has 0 aliphatic heterocycles. The van der Waals surface area contributed by atoms with Gasteiger partial charge in [0.15, 0.2) is 0 Å². The molecular formula is C83H58N2. The second-order valence-electron chi connectivity index (χ2n) is 23.5. The van der Waals surface area contributed by atoms with Crippen LogP contribution in [0, 0.1) is 0 Å². The van der Waals surface area contributed by atoms with Crippen LogP contribution in [0.5, 0.6) is 0 Å². The molecule has 0 aromatic heterocycles. The van der Waals surface area contributed by atoms with Crippen LogP contribution in [-0.4, -0.2) is 0 Å². The fourth-order valence-electron chi connectivity index (χ4n) is 15.5. The first-order chi connectivity index (χ1) is 44.0. The lowest BCUT2D eigenvalue weighted by atomic mass is 9.68. The van der Waals surface area contributed by atoms with E-state index in [1.54, 1.807) is 0 Å². The highest BCUT2D eigenvalue weighted by molar-refractivity contribution is 5.99. The van der Waals surface area contributed by atoms with E-state index >= 15 is 0 Å². The number of fused-ring (bicyclic) bond motifs is 16. The highest BCUT2D eigenvalue weighted by Gasteiger charge is 2.53. The van der Waals surface area contributed by atoms with Crippen LogP contribution < -0.4 is 9.80 Å². The highest BCUT2D eigenvalue weighted by Crippen LogP contribution is 2.65. The molecule has 0 fully saturated rings. The maximum atomic E-state index is 9.37. The van der Waals surface area contributed by atoms with Crippen molar-refractivity contribution in [2.75, 3.05) is 9.80 Å². The molecule has 13 aromatic rings. The number of anilines is 6. The number of nitrogens with zero attached hydrogens (tertiary/aromatic N) is 2. The zero-order valence-electron chi connectivity index (χ0n) is 52.0. The number of benzene rings is 13. The summed E-state index contributed by atoms with van der Waals surface area (Å²) >= 11 is 0. The predicted octanol–water partition coefficient (Wildman–Crippen LogP) is 21.3. The topological polar surface area (TPSA) is 6.48 Å². The molecule has 4 aliphatic rings. The molecule has 1 spiro atoms. The Balaban J connectivity index is 0.895. The molecule has 0 amide bonds. The first-order valence-electron chi connectivity index (χ1n) is 31.9. The zero-order chi connectivity index (χ0) is 60.8. The largest absolute Gasteiger partial charge is 0.310 e. The van der Waals surface area contributed by atoms with E-state index in [1.165, 1.54) is 77.9 Å². The Labute approximate surface area is 504 Å². The van der Waals surface area contributed by atoms with Crippen molar-refractivity contribution < 1.29 is 6.85 Å². The minimum atomic E-state index is -0.798. The summed E-state index contributed by atoms with van der Waals surface area (Å²) in [4.78, 5) is 4.67. The Morgan fingerprint density at radius 2 is 0.635 bits per heavy atom. The minimum absolute atomic E-state index is 0.147. The Bertz CT molecular complexity index is 5050. The van der Waals surface area contributed by atoms with Gasteiger partial charge in [-0.05, 0) is 172 Å². The predicted molar refractivity (Wildman–Crippen MR) is 352 cm³/mol. The van der Waals surface area contributed by atoms with E-state index in [0.29, 0.717) is 11.3 Å². The van der Waals surface area contributed by atoms with Crippen LogP contribution in [0.4, 0.5) is 34.1 Å². The third-order valence-corrected chi connectivity index (χ3v) is 19.0. The number of rotatable bonds is 9. The lowest BCUT2D eigenvalue weighted by Gasteiger charge is -2.34. The molecule has 2 heteroatoms. The van der Waals surface area contributed by atoms with Crippen molar-refractivity contribution in [3.63, 3.8) is 0 Å². The Hall–Kier alpha value is -10.5. The van der Waals surface area contributed by atoms with Gasteiger partial charge in [0.1, 0.15) is 0 Å². The van der Waals surface area contributed by atoms with Gasteiger partial charge < -0.3 is 9.80 Å². The van der Waals surface area contributed by atoms with E-state index in [9.17, 15) is 2.74 Å². The molecule has 13 aromatic carbocycles. The van der Waals surface area contributed by atoms with Crippen LogP contribution in [0.2, 0.25) is 0 Å². The summed E-state index contributed by atoms with van der Waals surface area (Å²) in [6, 6.07) is 102. The molecule has 4 aliphatic carbocycles. The minimum Gasteiger partial charge on any atom is -0.310 e. The molecule has 0 saturated carbocycles. The van der Waals surface area contributed by atoms with Crippen molar-refractivity contribution in [1.82, 2.24) is 0 Å². The van der Waals surface area contributed by atoms with E-state index in [2.05, 4.69) is 285 Å². The molecule has 0 N–H and O–H groups in total. The Morgan fingerprint density at radius 3 is 1.20 bits per heavy atom. The van der Waals surface area contributed by atoms with Crippen LogP contribution in [0.25, 0.3) is 55.6 Å². The average molecular weight is 1090 g/mol. The first-order valence-corrected chi connectivity index (χ1v) is 29.4. The molecule has 0 bridgehead atoms. The fraction of sp³-hybridized carbons (Fsp3) is 0.0602. The quantitative estimate of drug-likeness (QED) is 0.142. The van der Waals surface area contributed by atoms with Gasteiger partial charge in [0.05, 0.1) is 23.4 Å². The highest BCUT2D eigenvalue weighted by atomic mass is 15.2. The van der Waals surface area contributed by atoms with Crippen LogP contribution in [0.3, 0.4) is 0 Å². The van der Waals surface area contributed by atoms with Crippen molar-refractivity contribution in [3.05, 3.63) is 371 Å². The normalized spacial score (nSPS) is 16.2. The molecule has 0 saturated heterocycles. The lowest BCUT2D eigenvalue weighted by molar-refractivity contribution is 0.660. The van der Waals surface area contributed by atoms with Crippen LogP contribution in [0.1, 0.15) is 76.3 Å². The molecule has 85 heavy (non-hydrogen) atoms. The van der Waals surface area contributed by atoms with Crippen molar-refractivity contribution in [2.24, 2.45) is 0 Å². The van der Waals surface area contributed by atoms with E-state index in [4.69, 9.17) is 4.11 Å². The maximum absolute atomic E-state index is 9.37. The fourth-order valence-corrected chi connectivity index (χ4v) is 15.5. The van der Waals surface area contributed by atoms with Crippen molar-refractivity contribution in [3.8, 4) is 55.6 Å². The summed E-state index contributed by atoms with van der Waals surface area (Å²) in [5, 5.41) is 0. The van der Waals surface area contributed by atoms with Crippen molar-refractivity contribution in [2.45, 2.75) is 30.1 Å². The third kappa shape index (κ3) is 6.94. The smallest absolute Gasteiger partial charge is 0.0727 e. The molecule has 400 valence electrons. The number of hydrogen-bond acceptors (Lipinski definition) is 2. The van der Waals surface area contributed by atoms with Gasteiger partial charge >= 0.3 is 0 Å². The van der Waals surface area contributed by atoms with Gasteiger partial charge in [-0.1, -0.05) is 262 Å². The van der Waals surface area contributed by atoms with Gasteiger partial charge in [0, 0.05) is 39.4 Å². The average Bonchev–Trinajstić information content (AvgIpc) is 1.55. The van der Waals surface area contributed by atoms with Crippen molar-refractivity contribution >= 4 is 34.1 Å². The Morgan fingerprint density at radius 1 is 0.259 bits per heavy atom. The zero-order valence-corrected chi connectivity index (χ0v) is 47.0. The number of hydrogen-bond donors (Lipinski definition) is 0. The van der Waals surface area contributed by atoms with Crippen LogP contribution in [0.15, 0.2) is 315 Å². The van der Waals surface area contributed by atoms with Gasteiger partial charge in [0.25, 0.3) is 0 Å². The number of para-hydroxylation sites is 2. The summed E-state index contributed by atoms with van der Waals surface area (Å²) < 4.78 is 45.1. The standard InChI is InChI=1S/C83H58N2/c1-81(2)72-38-20-15-34-64(72)68-47-44-61(52-77(68)81)85(80-42-24-19-33-63(80)55-25-7-3-8-26-55)62-45-49-70-66-36-17-23-41-75(66)83(79(70)54-62)74-40-22-16-35-65(74)69-48-43-60(53-78(69)83)84(58-31-13-6-14-32-58)59-46-50-76-71(51-59)67-37-18-21-39-73(67)82(76,56-27-9-4-10-28-56)57-29-11-5-12-30-57/h3-54H,1-2H3/i3D,7D,8D,25D,26D. The third-order valence-electron chi connectivity index (χ3n) is 19.0. The molecule has 0 heterocycles. The summed E-state index contributed by atoms with van der Waals surface area (Å²) in [5.74, 6) is 0. The second-order valence-corrected chi connectivity index (χ2v) is 23.5. The Kier molecular flexibility index (Phi) is 9.72. The van der Waals surface area contributed by atoms with Gasteiger partial charge in [0.2, 0.25) is 0 Å². The second kappa shape index (κ2) is 18.7. The summed E-state index contributed by atoms with van der Waals surface area (Å²) in [6.07, 6.45) is 0. The van der Waals surface area contributed by atoms with Gasteiger partial charge in [-0.3, -0.25) is 0 Å². The van der Waals surface area contributed by atoms with Crippen LogP contribution in [-0.2, 0) is 16.2 Å².